The summed E-state index contributed by atoms with van der Waals surface area (Å²) in [5, 5.41) is 11.9. The SMILES string of the molecule is CC(C)(C)OC(=O)Nc1cc([C@H]2CCCCN2C(=O)O)ccn1. The summed E-state index contributed by atoms with van der Waals surface area (Å²) in [7, 11) is 0. The van der Waals surface area contributed by atoms with Crippen LogP contribution in [0, 0.1) is 0 Å². The van der Waals surface area contributed by atoms with E-state index in [0.29, 0.717) is 12.4 Å². The van der Waals surface area contributed by atoms with Gasteiger partial charge in [-0.3, -0.25) is 5.32 Å². The molecule has 0 aromatic carbocycles. The van der Waals surface area contributed by atoms with Gasteiger partial charge in [-0.1, -0.05) is 0 Å². The number of hydrogen-bond donors (Lipinski definition) is 2. The van der Waals surface area contributed by atoms with E-state index in [1.165, 1.54) is 4.90 Å². The van der Waals surface area contributed by atoms with Gasteiger partial charge in [-0.25, -0.2) is 14.6 Å². The van der Waals surface area contributed by atoms with Crippen LogP contribution in [0.2, 0.25) is 0 Å². The maximum Gasteiger partial charge on any atom is 0.413 e. The molecule has 0 bridgehead atoms. The average molecular weight is 321 g/mol. The van der Waals surface area contributed by atoms with Crippen molar-refractivity contribution in [1.29, 1.82) is 0 Å². The molecule has 1 aromatic heterocycles. The van der Waals surface area contributed by atoms with Crippen LogP contribution in [0.15, 0.2) is 18.3 Å². The zero-order chi connectivity index (χ0) is 17.0. The normalized spacial score (nSPS) is 18.4. The van der Waals surface area contributed by atoms with Crippen molar-refractivity contribution in [3.05, 3.63) is 23.9 Å². The number of carbonyl (C=O) groups excluding carboxylic acids is 1. The van der Waals surface area contributed by atoms with Crippen LogP contribution in [-0.4, -0.2) is 39.3 Å². The maximum absolute atomic E-state index is 11.8. The van der Waals surface area contributed by atoms with Crippen molar-refractivity contribution >= 4 is 18.0 Å². The number of aromatic nitrogens is 1. The third kappa shape index (κ3) is 4.84. The second-order valence-corrected chi connectivity index (χ2v) is 6.59. The summed E-state index contributed by atoms with van der Waals surface area (Å²) in [6.07, 6.45) is 2.68. The number of anilines is 1. The highest BCUT2D eigenvalue weighted by Gasteiger charge is 2.28. The fourth-order valence-corrected chi connectivity index (χ4v) is 2.64. The van der Waals surface area contributed by atoms with Gasteiger partial charge in [-0.15, -0.1) is 0 Å². The third-order valence-electron chi connectivity index (χ3n) is 3.55. The van der Waals surface area contributed by atoms with E-state index in [0.717, 1.165) is 24.8 Å². The minimum atomic E-state index is -0.923. The molecule has 126 valence electrons. The third-order valence-corrected chi connectivity index (χ3v) is 3.55. The molecule has 2 amide bonds. The first-order valence-corrected chi connectivity index (χ1v) is 7.72. The molecule has 0 spiro atoms. The van der Waals surface area contributed by atoms with Gasteiger partial charge >= 0.3 is 12.2 Å². The molecule has 1 aliphatic rings. The summed E-state index contributed by atoms with van der Waals surface area (Å²) in [6.45, 7) is 5.87. The Morgan fingerprint density at radius 2 is 2.13 bits per heavy atom. The molecule has 0 saturated carbocycles. The Balaban J connectivity index is 2.12. The first-order chi connectivity index (χ1) is 10.8. The lowest BCUT2D eigenvalue weighted by atomic mass is 9.96. The summed E-state index contributed by atoms with van der Waals surface area (Å²) in [4.78, 5) is 28.7. The topological polar surface area (TPSA) is 91.8 Å². The van der Waals surface area contributed by atoms with Crippen molar-refractivity contribution in [2.45, 2.75) is 51.7 Å². The van der Waals surface area contributed by atoms with E-state index in [4.69, 9.17) is 4.74 Å². The molecule has 1 saturated heterocycles. The number of carboxylic acid groups (broad SMARTS) is 1. The van der Waals surface area contributed by atoms with Crippen molar-refractivity contribution in [3.8, 4) is 0 Å². The van der Waals surface area contributed by atoms with Crippen molar-refractivity contribution < 1.29 is 19.4 Å². The van der Waals surface area contributed by atoms with Crippen LogP contribution >= 0.6 is 0 Å². The van der Waals surface area contributed by atoms with Crippen LogP contribution < -0.4 is 5.32 Å². The number of piperidine rings is 1. The Morgan fingerprint density at radius 1 is 1.39 bits per heavy atom. The molecule has 0 unspecified atom stereocenters. The number of hydrogen-bond acceptors (Lipinski definition) is 4. The fourth-order valence-electron chi connectivity index (χ4n) is 2.64. The Labute approximate surface area is 135 Å². The average Bonchev–Trinajstić information content (AvgIpc) is 2.45. The molecule has 1 fully saturated rings. The lowest BCUT2D eigenvalue weighted by Crippen LogP contribution is -2.37. The lowest BCUT2D eigenvalue weighted by molar-refractivity contribution is 0.0635. The number of rotatable bonds is 2. The van der Waals surface area contributed by atoms with Crippen molar-refractivity contribution in [2.24, 2.45) is 0 Å². The number of amides is 2. The molecule has 2 N–H and O–H groups in total. The second kappa shape index (κ2) is 6.85. The van der Waals surface area contributed by atoms with Crippen LogP contribution in [0.1, 0.15) is 51.6 Å². The second-order valence-electron chi connectivity index (χ2n) is 6.59. The van der Waals surface area contributed by atoms with Gasteiger partial charge in [-0.05, 0) is 57.7 Å². The molecule has 2 heterocycles. The first-order valence-electron chi connectivity index (χ1n) is 7.72. The van der Waals surface area contributed by atoms with Crippen molar-refractivity contribution in [3.63, 3.8) is 0 Å². The highest BCUT2D eigenvalue weighted by molar-refractivity contribution is 5.83. The summed E-state index contributed by atoms with van der Waals surface area (Å²) in [6, 6.07) is 3.28. The van der Waals surface area contributed by atoms with E-state index in [9.17, 15) is 14.7 Å². The zero-order valence-electron chi connectivity index (χ0n) is 13.7. The van der Waals surface area contributed by atoms with E-state index < -0.39 is 17.8 Å². The summed E-state index contributed by atoms with van der Waals surface area (Å²) in [5.41, 5.74) is 0.235. The molecule has 1 aromatic rings. The highest BCUT2D eigenvalue weighted by atomic mass is 16.6. The van der Waals surface area contributed by atoms with E-state index >= 15 is 0 Å². The quantitative estimate of drug-likeness (QED) is 0.867. The number of nitrogens with zero attached hydrogens (tertiary/aromatic N) is 2. The van der Waals surface area contributed by atoms with E-state index in [1.807, 2.05) is 0 Å². The number of carbonyl (C=O) groups is 2. The molecule has 7 heteroatoms. The van der Waals surface area contributed by atoms with Gasteiger partial charge in [-0.2, -0.15) is 0 Å². The highest BCUT2D eigenvalue weighted by Crippen LogP contribution is 2.31. The molecular weight excluding hydrogens is 298 g/mol. The Hall–Kier alpha value is -2.31. The summed E-state index contributed by atoms with van der Waals surface area (Å²) in [5.74, 6) is 0.354. The number of pyridine rings is 1. The van der Waals surface area contributed by atoms with E-state index in [1.54, 1.807) is 39.1 Å². The van der Waals surface area contributed by atoms with Gasteiger partial charge in [0.15, 0.2) is 0 Å². The van der Waals surface area contributed by atoms with Gasteiger partial charge in [0.2, 0.25) is 0 Å². The van der Waals surface area contributed by atoms with Crippen LogP contribution in [0.25, 0.3) is 0 Å². The summed E-state index contributed by atoms with van der Waals surface area (Å²) < 4.78 is 5.19. The van der Waals surface area contributed by atoms with E-state index in [2.05, 4.69) is 10.3 Å². The monoisotopic (exact) mass is 321 g/mol. The molecule has 0 radical (unpaired) electrons. The smallest absolute Gasteiger partial charge is 0.413 e. The number of ether oxygens (including phenoxy) is 1. The van der Waals surface area contributed by atoms with Crippen LogP contribution in [0.5, 0.6) is 0 Å². The summed E-state index contributed by atoms with van der Waals surface area (Å²) >= 11 is 0. The van der Waals surface area contributed by atoms with Gasteiger partial charge in [0.1, 0.15) is 11.4 Å². The van der Waals surface area contributed by atoms with Gasteiger partial charge < -0.3 is 14.7 Å². The maximum atomic E-state index is 11.8. The van der Waals surface area contributed by atoms with Gasteiger partial charge in [0.25, 0.3) is 0 Å². The first kappa shape index (κ1) is 17.1. The number of nitrogens with one attached hydrogen (secondary N) is 1. The molecule has 1 atom stereocenters. The predicted molar refractivity (Wildman–Crippen MR) is 85.4 cm³/mol. The minimum Gasteiger partial charge on any atom is -0.465 e. The molecule has 0 aliphatic carbocycles. The van der Waals surface area contributed by atoms with Crippen LogP contribution in [0.4, 0.5) is 15.4 Å². The fraction of sp³-hybridized carbons (Fsp3) is 0.562. The van der Waals surface area contributed by atoms with Gasteiger partial charge in [0, 0.05) is 12.7 Å². The molecule has 2 rings (SSSR count). The van der Waals surface area contributed by atoms with Crippen LogP contribution in [-0.2, 0) is 4.74 Å². The van der Waals surface area contributed by atoms with E-state index in [-0.39, 0.29) is 6.04 Å². The standard InChI is InChI=1S/C16H23N3O4/c1-16(2,3)23-14(20)18-13-10-11(7-8-17-13)12-6-4-5-9-19(12)15(21)22/h7-8,10,12H,4-6,9H2,1-3H3,(H,21,22)(H,17,18,20)/t12-/m1/s1. The zero-order valence-corrected chi connectivity index (χ0v) is 13.7. The van der Waals surface area contributed by atoms with Crippen LogP contribution in [0.3, 0.4) is 0 Å². The largest absolute Gasteiger partial charge is 0.465 e. The van der Waals surface area contributed by atoms with Gasteiger partial charge in [0.05, 0.1) is 6.04 Å². The van der Waals surface area contributed by atoms with Crippen molar-refractivity contribution in [2.75, 3.05) is 11.9 Å². The lowest BCUT2D eigenvalue weighted by Gasteiger charge is -2.33. The minimum absolute atomic E-state index is 0.205. The Morgan fingerprint density at radius 3 is 2.78 bits per heavy atom. The predicted octanol–water partition coefficient (Wildman–Crippen LogP) is 3.63. The molecule has 23 heavy (non-hydrogen) atoms. The number of likely N-dealkylation sites (tertiary alicyclic amines) is 1. The Kier molecular flexibility index (Phi) is 5.08. The molecular formula is C16H23N3O4. The Bertz CT molecular complexity index is 583. The molecule has 7 nitrogen and oxygen atoms in total. The van der Waals surface area contributed by atoms with Crippen molar-refractivity contribution in [1.82, 2.24) is 9.88 Å². The molecule has 1 aliphatic heterocycles.